The first-order valence-electron chi connectivity index (χ1n) is 6.46. The van der Waals surface area contributed by atoms with Crippen LogP contribution in [0.15, 0.2) is 32.4 Å². The largest absolute Gasteiger partial charge is 0.496 e. The Labute approximate surface area is 131 Å². The molecular weight excluding hydrogens is 346 g/mol. The second-order valence-electron chi connectivity index (χ2n) is 4.75. The molecule has 0 bridgehead atoms. The van der Waals surface area contributed by atoms with Crippen molar-refractivity contribution in [3.05, 3.63) is 22.4 Å². The third kappa shape index (κ3) is 2.70. The minimum Gasteiger partial charge on any atom is -0.496 e. The fraction of sp³-hybridized carbons (Fsp3) is 0.538. The van der Waals surface area contributed by atoms with E-state index in [1.54, 1.807) is 7.11 Å². The smallest absolute Gasteiger partial charge is 0.219 e. The molecule has 0 spiro atoms. The first-order chi connectivity index (χ1) is 9.69. The van der Waals surface area contributed by atoms with Crippen molar-refractivity contribution in [2.75, 3.05) is 33.4 Å². The van der Waals surface area contributed by atoms with Gasteiger partial charge in [0.2, 0.25) is 5.29 Å². The minimum absolute atomic E-state index is 0.0268. The van der Waals surface area contributed by atoms with Gasteiger partial charge in [-0.05, 0) is 27.5 Å². The zero-order valence-corrected chi connectivity index (χ0v) is 13.4. The molecule has 0 saturated carbocycles. The van der Waals surface area contributed by atoms with Crippen LogP contribution in [0.3, 0.4) is 0 Å². The Morgan fingerprint density at radius 2 is 2.20 bits per heavy atom. The summed E-state index contributed by atoms with van der Waals surface area (Å²) in [5.74, 6) is 0.843. The van der Waals surface area contributed by atoms with Crippen LogP contribution < -0.4 is 0 Å². The summed E-state index contributed by atoms with van der Waals surface area (Å²) in [6, 6.07) is 0. The Kier molecular flexibility index (Phi) is 4.26. The van der Waals surface area contributed by atoms with Crippen molar-refractivity contribution in [3.63, 3.8) is 0 Å². The van der Waals surface area contributed by atoms with E-state index in [4.69, 9.17) is 21.1 Å². The van der Waals surface area contributed by atoms with Gasteiger partial charge in [0.15, 0.2) is 0 Å². The lowest BCUT2D eigenvalue weighted by molar-refractivity contribution is 0.0143. The molecule has 2 unspecified atom stereocenters. The molecule has 3 aliphatic rings. The number of ether oxygens (including phenoxy) is 2. The van der Waals surface area contributed by atoms with Crippen LogP contribution in [0.5, 0.6) is 0 Å². The summed E-state index contributed by atoms with van der Waals surface area (Å²) in [6.07, 6.45) is 3.98. The van der Waals surface area contributed by atoms with Gasteiger partial charge in [-0.1, -0.05) is 6.08 Å². The molecule has 1 fully saturated rings. The Bertz CT molecular complexity index is 524. The highest BCUT2D eigenvalue weighted by Gasteiger charge is 2.35. The normalized spacial score (nSPS) is 30.8. The van der Waals surface area contributed by atoms with Crippen molar-refractivity contribution in [2.45, 2.75) is 6.17 Å². The van der Waals surface area contributed by atoms with E-state index in [0.717, 1.165) is 42.3 Å². The van der Waals surface area contributed by atoms with Crippen LogP contribution >= 0.6 is 27.5 Å². The van der Waals surface area contributed by atoms with E-state index in [9.17, 15) is 0 Å². The van der Waals surface area contributed by atoms with E-state index >= 15 is 0 Å². The number of rotatable bonds is 2. The number of nitrogens with zero attached hydrogens (tertiary/aromatic N) is 3. The number of hydrogen-bond donors (Lipinski definition) is 0. The van der Waals surface area contributed by atoms with E-state index in [-0.39, 0.29) is 12.1 Å². The summed E-state index contributed by atoms with van der Waals surface area (Å²) in [6.45, 7) is 3.17. The highest BCUT2D eigenvalue weighted by Crippen LogP contribution is 2.32. The molecule has 1 aliphatic carbocycles. The maximum atomic E-state index is 6.08. The first-order valence-corrected chi connectivity index (χ1v) is 7.63. The lowest BCUT2D eigenvalue weighted by Gasteiger charge is -2.38. The number of fused-ring (bicyclic) bond motifs is 1. The molecule has 3 rings (SSSR count). The van der Waals surface area contributed by atoms with E-state index in [2.05, 4.69) is 36.9 Å². The summed E-state index contributed by atoms with van der Waals surface area (Å²) in [4.78, 5) is 11.1. The molecule has 0 amide bonds. The quantitative estimate of drug-likeness (QED) is 0.709. The highest BCUT2D eigenvalue weighted by atomic mass is 79.9. The van der Waals surface area contributed by atoms with Crippen LogP contribution in [0.2, 0.25) is 0 Å². The van der Waals surface area contributed by atoms with Gasteiger partial charge in [-0.25, -0.2) is 9.98 Å². The van der Waals surface area contributed by atoms with Crippen molar-refractivity contribution in [1.29, 1.82) is 0 Å². The first kappa shape index (κ1) is 14.3. The van der Waals surface area contributed by atoms with Crippen LogP contribution in [0.1, 0.15) is 0 Å². The zero-order chi connectivity index (χ0) is 14.1. The van der Waals surface area contributed by atoms with Crippen LogP contribution in [0.4, 0.5) is 0 Å². The summed E-state index contributed by atoms with van der Waals surface area (Å²) < 4.78 is 11.6. The van der Waals surface area contributed by atoms with Gasteiger partial charge in [-0.15, -0.1) is 0 Å². The van der Waals surface area contributed by atoms with Crippen molar-refractivity contribution >= 4 is 38.5 Å². The minimum atomic E-state index is -0.0268. The van der Waals surface area contributed by atoms with Crippen molar-refractivity contribution in [2.24, 2.45) is 15.9 Å². The van der Waals surface area contributed by atoms with Gasteiger partial charge in [0.25, 0.3) is 0 Å². The molecule has 2 aliphatic heterocycles. The van der Waals surface area contributed by atoms with E-state index in [0.29, 0.717) is 5.29 Å². The second-order valence-corrected chi connectivity index (χ2v) is 5.94. The Balaban J connectivity index is 1.91. The van der Waals surface area contributed by atoms with Gasteiger partial charge < -0.3 is 9.47 Å². The number of amidine groups is 1. The third-order valence-corrected chi connectivity index (χ3v) is 4.44. The maximum absolute atomic E-state index is 6.08. The fourth-order valence-electron chi connectivity index (χ4n) is 2.60. The number of halogens is 2. The number of aliphatic imine (C=N–C) groups is 2. The molecule has 2 heterocycles. The summed E-state index contributed by atoms with van der Waals surface area (Å²) in [5, 5.41) is 0.297. The summed E-state index contributed by atoms with van der Waals surface area (Å²) >= 11 is 9.61. The van der Waals surface area contributed by atoms with Crippen molar-refractivity contribution in [3.8, 4) is 0 Å². The Morgan fingerprint density at radius 1 is 1.45 bits per heavy atom. The topological polar surface area (TPSA) is 46.4 Å². The van der Waals surface area contributed by atoms with Crippen LogP contribution in [0.25, 0.3) is 0 Å². The monoisotopic (exact) mass is 359 g/mol. The summed E-state index contributed by atoms with van der Waals surface area (Å²) in [7, 11) is 1.64. The standard InChI is InChI=1S/C13H15BrClN3O2/c1-19-11-7-10-8(6-9(11)14)12(17-13(15)16-10)18-2-4-20-5-3-18/h6-8,12H,2-5H2,1H3. The van der Waals surface area contributed by atoms with Gasteiger partial charge in [0.1, 0.15) is 11.9 Å². The van der Waals surface area contributed by atoms with Gasteiger partial charge in [0.05, 0.1) is 36.4 Å². The van der Waals surface area contributed by atoms with Crippen LogP contribution in [0, 0.1) is 5.92 Å². The average Bonchev–Trinajstić information content (AvgIpc) is 2.47. The Hall–Kier alpha value is -0.690. The average molecular weight is 361 g/mol. The lowest BCUT2D eigenvalue weighted by Crippen LogP contribution is -2.49. The molecule has 7 heteroatoms. The molecule has 0 N–H and O–H groups in total. The van der Waals surface area contributed by atoms with Gasteiger partial charge in [-0.2, -0.15) is 0 Å². The zero-order valence-electron chi connectivity index (χ0n) is 11.1. The lowest BCUT2D eigenvalue weighted by atomic mass is 9.92. The third-order valence-electron chi connectivity index (χ3n) is 3.60. The molecule has 0 aromatic rings. The van der Waals surface area contributed by atoms with E-state index in [1.807, 2.05) is 6.08 Å². The molecule has 0 aromatic carbocycles. The predicted octanol–water partition coefficient (Wildman–Crippen LogP) is 2.13. The molecule has 2 atom stereocenters. The van der Waals surface area contributed by atoms with E-state index < -0.39 is 0 Å². The number of methoxy groups -OCH3 is 1. The molecule has 20 heavy (non-hydrogen) atoms. The molecule has 5 nitrogen and oxygen atoms in total. The van der Waals surface area contributed by atoms with Crippen LogP contribution in [-0.2, 0) is 9.47 Å². The molecule has 1 saturated heterocycles. The van der Waals surface area contributed by atoms with Crippen molar-refractivity contribution in [1.82, 2.24) is 4.90 Å². The number of morpholine rings is 1. The predicted molar refractivity (Wildman–Crippen MR) is 82.5 cm³/mol. The van der Waals surface area contributed by atoms with Gasteiger partial charge >= 0.3 is 0 Å². The number of hydrogen-bond acceptors (Lipinski definition) is 5. The molecule has 108 valence electrons. The SMILES string of the molecule is COC1=CC2=NC(Cl)=NC(N3CCOCC3)C2C=C1Br. The maximum Gasteiger partial charge on any atom is 0.219 e. The number of allylic oxidation sites excluding steroid dienone is 2. The molecule has 0 radical (unpaired) electrons. The Morgan fingerprint density at radius 3 is 2.90 bits per heavy atom. The van der Waals surface area contributed by atoms with E-state index in [1.165, 1.54) is 0 Å². The van der Waals surface area contributed by atoms with Gasteiger partial charge in [-0.3, -0.25) is 4.90 Å². The highest BCUT2D eigenvalue weighted by molar-refractivity contribution is 9.11. The second kappa shape index (κ2) is 5.97. The van der Waals surface area contributed by atoms with Crippen LogP contribution in [-0.4, -0.2) is 55.5 Å². The molecular formula is C13H15BrClN3O2. The van der Waals surface area contributed by atoms with Gasteiger partial charge in [0, 0.05) is 19.2 Å². The van der Waals surface area contributed by atoms with Crippen molar-refractivity contribution < 1.29 is 9.47 Å². The fourth-order valence-corrected chi connectivity index (χ4v) is 3.36. The summed E-state index contributed by atoms with van der Waals surface area (Å²) in [5.41, 5.74) is 0.890. The molecule has 0 aromatic heterocycles.